The number of aromatic nitrogens is 1. The number of halogens is 2. The Hall–Kier alpha value is -1.55. The van der Waals surface area contributed by atoms with Crippen LogP contribution in [0.4, 0.5) is 4.39 Å². The molecule has 0 aliphatic carbocycles. The highest BCUT2D eigenvalue weighted by Gasteiger charge is 2.07. The molecular formula is C14H11BrFNO. The number of nitrogens with zero attached hydrogens (tertiary/aromatic N) is 1. The quantitative estimate of drug-likeness (QED) is 0.867. The minimum Gasteiger partial charge on any atom is -0.299 e. The lowest BCUT2D eigenvalue weighted by Gasteiger charge is -2.03. The van der Waals surface area contributed by atoms with E-state index in [1.54, 1.807) is 30.6 Å². The number of Topliss-reactive ketones (excluding diaryl/α,β-unsaturated/α-hetero) is 1. The molecule has 0 atom stereocenters. The highest BCUT2D eigenvalue weighted by Crippen LogP contribution is 2.17. The zero-order valence-corrected chi connectivity index (χ0v) is 11.2. The van der Waals surface area contributed by atoms with Crippen LogP contribution < -0.4 is 0 Å². The molecule has 0 aliphatic rings. The first-order valence-electron chi connectivity index (χ1n) is 5.49. The maximum absolute atomic E-state index is 13.0. The molecule has 18 heavy (non-hydrogen) atoms. The number of hydrogen-bond acceptors (Lipinski definition) is 2. The average Bonchev–Trinajstić information content (AvgIpc) is 2.35. The summed E-state index contributed by atoms with van der Waals surface area (Å²) in [6, 6.07) is 8.29. The van der Waals surface area contributed by atoms with Gasteiger partial charge in [0, 0.05) is 25.2 Å². The molecule has 1 aromatic heterocycles. The Kier molecular flexibility index (Phi) is 4.20. The van der Waals surface area contributed by atoms with Crippen LogP contribution in [-0.2, 0) is 17.6 Å². The van der Waals surface area contributed by atoms with Gasteiger partial charge >= 0.3 is 0 Å². The standard InChI is InChI=1S/C14H11BrFNO/c15-13-8-10(3-4-14(13)16)6-12(18)7-11-2-1-5-17-9-11/h1-5,8-9H,6-7H2. The van der Waals surface area contributed by atoms with Crippen molar-refractivity contribution in [2.75, 3.05) is 0 Å². The highest BCUT2D eigenvalue weighted by atomic mass is 79.9. The van der Waals surface area contributed by atoms with Gasteiger partial charge in [-0.2, -0.15) is 0 Å². The largest absolute Gasteiger partial charge is 0.299 e. The number of hydrogen-bond donors (Lipinski definition) is 0. The minimum atomic E-state index is -0.321. The normalized spacial score (nSPS) is 10.3. The lowest BCUT2D eigenvalue weighted by atomic mass is 10.0. The van der Waals surface area contributed by atoms with Gasteiger partial charge in [0.25, 0.3) is 0 Å². The van der Waals surface area contributed by atoms with Crippen LogP contribution in [0.15, 0.2) is 47.2 Å². The van der Waals surface area contributed by atoms with Crippen molar-refractivity contribution in [3.8, 4) is 0 Å². The smallest absolute Gasteiger partial charge is 0.141 e. The Morgan fingerprint density at radius 1 is 1.22 bits per heavy atom. The molecule has 0 fully saturated rings. The number of benzene rings is 1. The fourth-order valence-electron chi connectivity index (χ4n) is 1.67. The Labute approximate surface area is 113 Å². The highest BCUT2D eigenvalue weighted by molar-refractivity contribution is 9.10. The molecule has 1 aromatic carbocycles. The fraction of sp³-hybridized carbons (Fsp3) is 0.143. The summed E-state index contributed by atoms with van der Waals surface area (Å²) < 4.78 is 13.4. The van der Waals surface area contributed by atoms with E-state index in [9.17, 15) is 9.18 Å². The van der Waals surface area contributed by atoms with Crippen molar-refractivity contribution in [1.29, 1.82) is 0 Å². The van der Waals surface area contributed by atoms with E-state index in [2.05, 4.69) is 20.9 Å². The molecule has 2 aromatic rings. The third-order valence-corrected chi connectivity index (χ3v) is 3.12. The van der Waals surface area contributed by atoms with E-state index < -0.39 is 0 Å². The zero-order valence-electron chi connectivity index (χ0n) is 9.57. The van der Waals surface area contributed by atoms with Gasteiger partial charge in [-0.1, -0.05) is 12.1 Å². The summed E-state index contributed by atoms with van der Waals surface area (Å²) in [5.41, 5.74) is 1.70. The molecule has 0 amide bonds. The van der Waals surface area contributed by atoms with Gasteiger partial charge in [-0.25, -0.2) is 4.39 Å². The number of carbonyl (C=O) groups is 1. The first-order chi connectivity index (χ1) is 8.65. The van der Waals surface area contributed by atoms with Crippen LogP contribution in [0.3, 0.4) is 0 Å². The van der Waals surface area contributed by atoms with Crippen LogP contribution in [0.1, 0.15) is 11.1 Å². The first kappa shape index (κ1) is 12.9. The lowest BCUT2D eigenvalue weighted by molar-refractivity contribution is -0.117. The van der Waals surface area contributed by atoms with Gasteiger partial charge in [-0.3, -0.25) is 9.78 Å². The predicted molar refractivity (Wildman–Crippen MR) is 70.8 cm³/mol. The molecule has 92 valence electrons. The fourth-order valence-corrected chi connectivity index (χ4v) is 2.10. The molecule has 0 spiro atoms. The first-order valence-corrected chi connectivity index (χ1v) is 6.29. The molecule has 0 saturated heterocycles. The Balaban J connectivity index is 2.01. The second-order valence-corrected chi connectivity index (χ2v) is 4.86. The van der Waals surface area contributed by atoms with Gasteiger partial charge in [0.15, 0.2) is 0 Å². The molecule has 0 N–H and O–H groups in total. The van der Waals surface area contributed by atoms with Crippen LogP contribution in [0.2, 0.25) is 0 Å². The summed E-state index contributed by atoms with van der Waals surface area (Å²) in [6.45, 7) is 0. The molecule has 2 rings (SSSR count). The second kappa shape index (κ2) is 5.87. The van der Waals surface area contributed by atoms with E-state index in [0.29, 0.717) is 17.3 Å². The van der Waals surface area contributed by atoms with Gasteiger partial charge in [0.05, 0.1) is 4.47 Å². The molecule has 1 heterocycles. The van der Waals surface area contributed by atoms with Gasteiger partial charge in [0.2, 0.25) is 0 Å². The lowest BCUT2D eigenvalue weighted by Crippen LogP contribution is -2.06. The van der Waals surface area contributed by atoms with E-state index in [4.69, 9.17) is 0 Å². The van der Waals surface area contributed by atoms with Crippen LogP contribution in [-0.4, -0.2) is 10.8 Å². The molecule has 0 unspecified atom stereocenters. The topological polar surface area (TPSA) is 30.0 Å². The number of carbonyl (C=O) groups excluding carboxylic acids is 1. The third-order valence-electron chi connectivity index (χ3n) is 2.51. The maximum atomic E-state index is 13.0. The van der Waals surface area contributed by atoms with E-state index in [1.165, 1.54) is 6.07 Å². The van der Waals surface area contributed by atoms with Crippen molar-refractivity contribution in [3.63, 3.8) is 0 Å². The van der Waals surface area contributed by atoms with Crippen molar-refractivity contribution >= 4 is 21.7 Å². The van der Waals surface area contributed by atoms with Gasteiger partial charge in [-0.05, 0) is 45.3 Å². The molecule has 0 radical (unpaired) electrons. The van der Waals surface area contributed by atoms with Crippen molar-refractivity contribution in [1.82, 2.24) is 4.98 Å². The minimum absolute atomic E-state index is 0.0847. The van der Waals surface area contributed by atoms with Crippen LogP contribution in [0.5, 0.6) is 0 Å². The SMILES string of the molecule is O=C(Cc1cccnc1)Cc1ccc(F)c(Br)c1. The van der Waals surface area contributed by atoms with Crippen molar-refractivity contribution in [2.45, 2.75) is 12.8 Å². The van der Waals surface area contributed by atoms with Crippen molar-refractivity contribution in [2.24, 2.45) is 0 Å². The van der Waals surface area contributed by atoms with Gasteiger partial charge in [0.1, 0.15) is 11.6 Å². The van der Waals surface area contributed by atoms with Crippen molar-refractivity contribution < 1.29 is 9.18 Å². The van der Waals surface area contributed by atoms with Crippen LogP contribution in [0, 0.1) is 5.82 Å². The molecule has 0 saturated carbocycles. The molecular weight excluding hydrogens is 297 g/mol. The Morgan fingerprint density at radius 2 is 2.00 bits per heavy atom. The van der Waals surface area contributed by atoms with E-state index in [0.717, 1.165) is 11.1 Å². The number of pyridine rings is 1. The summed E-state index contributed by atoms with van der Waals surface area (Å²) in [4.78, 5) is 15.8. The monoisotopic (exact) mass is 307 g/mol. The van der Waals surface area contributed by atoms with Crippen LogP contribution in [0.25, 0.3) is 0 Å². The summed E-state index contributed by atoms with van der Waals surface area (Å²) >= 11 is 3.11. The van der Waals surface area contributed by atoms with E-state index in [1.807, 2.05) is 6.07 Å². The van der Waals surface area contributed by atoms with E-state index >= 15 is 0 Å². The van der Waals surface area contributed by atoms with Gasteiger partial charge in [-0.15, -0.1) is 0 Å². The summed E-state index contributed by atoms with van der Waals surface area (Å²) in [5.74, 6) is -0.236. The Morgan fingerprint density at radius 3 is 2.67 bits per heavy atom. The Bertz CT molecular complexity index is 557. The molecule has 0 aliphatic heterocycles. The molecule has 0 bridgehead atoms. The third kappa shape index (κ3) is 3.47. The average molecular weight is 308 g/mol. The van der Waals surface area contributed by atoms with Crippen LogP contribution >= 0.6 is 15.9 Å². The van der Waals surface area contributed by atoms with E-state index in [-0.39, 0.29) is 11.6 Å². The summed E-state index contributed by atoms with van der Waals surface area (Å²) in [7, 11) is 0. The summed E-state index contributed by atoms with van der Waals surface area (Å²) in [5, 5.41) is 0. The number of rotatable bonds is 4. The summed E-state index contributed by atoms with van der Waals surface area (Å²) in [6.07, 6.45) is 4.00. The molecule has 2 nitrogen and oxygen atoms in total. The van der Waals surface area contributed by atoms with Gasteiger partial charge < -0.3 is 0 Å². The zero-order chi connectivity index (χ0) is 13.0. The maximum Gasteiger partial charge on any atom is 0.141 e. The number of ketones is 1. The van der Waals surface area contributed by atoms with Crippen molar-refractivity contribution in [3.05, 3.63) is 64.1 Å². The predicted octanol–water partition coefficient (Wildman–Crippen LogP) is 3.34. The second-order valence-electron chi connectivity index (χ2n) is 4.00. The molecule has 4 heteroatoms.